The second-order valence-electron chi connectivity index (χ2n) is 3.84. The molecule has 0 aliphatic carbocycles. The summed E-state index contributed by atoms with van der Waals surface area (Å²) >= 11 is 1.13. The van der Waals surface area contributed by atoms with E-state index < -0.39 is 49.5 Å². The molecule has 0 heterocycles. The van der Waals surface area contributed by atoms with Crippen LogP contribution < -0.4 is 5.73 Å². The van der Waals surface area contributed by atoms with Crippen LogP contribution >= 0.6 is 22.6 Å². The van der Waals surface area contributed by atoms with E-state index in [-0.39, 0.29) is 5.69 Å². The predicted octanol–water partition coefficient (Wildman–Crippen LogP) is 3.94. The molecule has 0 radical (unpaired) electrons. The number of nitrogens with two attached hydrogens (primary N) is 1. The van der Waals surface area contributed by atoms with Crippen molar-refractivity contribution in [3.63, 3.8) is 0 Å². The van der Waals surface area contributed by atoms with Gasteiger partial charge in [0.2, 0.25) is 0 Å². The number of phenolic OH excluding ortho intramolecular Hbond substituents is 1. The minimum Gasteiger partial charge on any atom is -0.506 e. The third kappa shape index (κ3) is 2.17. The van der Waals surface area contributed by atoms with Crippen LogP contribution in [0.15, 0.2) is 12.1 Å². The molecule has 0 amide bonds. The van der Waals surface area contributed by atoms with Crippen LogP contribution in [0.1, 0.15) is 0 Å². The highest BCUT2D eigenvalue weighted by Gasteiger charge is 2.27. The first-order valence-corrected chi connectivity index (χ1v) is 6.13. The average Bonchev–Trinajstić information content (AvgIpc) is 2.40. The van der Waals surface area contributed by atoms with E-state index in [2.05, 4.69) is 0 Å². The quantitative estimate of drug-likeness (QED) is 0.190. The molecule has 0 aromatic heterocycles. The van der Waals surface area contributed by atoms with Crippen molar-refractivity contribution < 1.29 is 27.1 Å². The summed E-state index contributed by atoms with van der Waals surface area (Å²) in [5, 5.41) is 9.18. The van der Waals surface area contributed by atoms with Crippen molar-refractivity contribution in [1.82, 2.24) is 0 Å². The van der Waals surface area contributed by atoms with Crippen LogP contribution in [0, 0.1) is 32.7 Å². The number of rotatable bonds is 1. The molecule has 0 saturated heterocycles. The Balaban J connectivity index is 2.87. The largest absolute Gasteiger partial charge is 0.506 e. The first-order valence-electron chi connectivity index (χ1n) is 5.05. The lowest BCUT2D eigenvalue weighted by Gasteiger charge is -2.11. The van der Waals surface area contributed by atoms with E-state index in [1.165, 1.54) is 0 Å². The topological polar surface area (TPSA) is 46.2 Å². The van der Waals surface area contributed by atoms with Crippen LogP contribution in [0.4, 0.5) is 27.6 Å². The molecule has 3 N–H and O–H groups in total. The molecule has 2 aromatic carbocycles. The summed E-state index contributed by atoms with van der Waals surface area (Å²) < 4.78 is 66.9. The summed E-state index contributed by atoms with van der Waals surface area (Å²) in [4.78, 5) is 0. The summed E-state index contributed by atoms with van der Waals surface area (Å²) in [6, 6.07) is 1.26. The van der Waals surface area contributed by atoms with Crippen LogP contribution in [-0.2, 0) is 0 Å². The lowest BCUT2D eigenvalue weighted by molar-refractivity contribution is 0.431. The van der Waals surface area contributed by atoms with Crippen LogP contribution in [0.5, 0.6) is 5.75 Å². The first kappa shape index (κ1) is 14.8. The van der Waals surface area contributed by atoms with Gasteiger partial charge in [-0.3, -0.25) is 0 Å². The van der Waals surface area contributed by atoms with Crippen LogP contribution in [-0.4, -0.2) is 5.11 Å². The van der Waals surface area contributed by atoms with Crippen molar-refractivity contribution in [3.8, 4) is 16.9 Å². The van der Waals surface area contributed by atoms with E-state index in [0.717, 1.165) is 28.7 Å². The third-order valence-electron chi connectivity index (χ3n) is 2.60. The second-order valence-corrected chi connectivity index (χ2v) is 4.91. The van der Waals surface area contributed by atoms with Gasteiger partial charge in [-0.2, -0.15) is 0 Å². The molecule has 2 nitrogen and oxygen atoms in total. The smallest absolute Gasteiger partial charge is 0.196 e. The molecule has 0 saturated carbocycles. The highest BCUT2D eigenvalue weighted by atomic mass is 127. The first-order chi connectivity index (χ1) is 9.25. The Hall–Kier alpha value is -1.58. The summed E-state index contributed by atoms with van der Waals surface area (Å²) in [6.07, 6.45) is 0. The average molecular weight is 401 g/mol. The maximum atomic E-state index is 13.9. The molecule has 0 bridgehead atoms. The Labute approximate surface area is 123 Å². The van der Waals surface area contributed by atoms with Gasteiger partial charge in [0.05, 0.1) is 14.8 Å². The summed E-state index contributed by atoms with van der Waals surface area (Å²) in [7, 11) is 0. The SMILES string of the molecule is Nc1cc(-c2c(F)c(F)c(F)c(I)c2F)c(F)cc1O. The van der Waals surface area contributed by atoms with Gasteiger partial charge in [0.25, 0.3) is 0 Å². The van der Waals surface area contributed by atoms with E-state index in [4.69, 9.17) is 5.73 Å². The third-order valence-corrected chi connectivity index (χ3v) is 3.54. The normalized spacial score (nSPS) is 10.9. The Morgan fingerprint density at radius 3 is 2.10 bits per heavy atom. The summed E-state index contributed by atoms with van der Waals surface area (Å²) in [5.74, 6) is -8.80. The van der Waals surface area contributed by atoms with Crippen molar-refractivity contribution in [2.75, 3.05) is 5.73 Å². The van der Waals surface area contributed by atoms with E-state index in [1.807, 2.05) is 0 Å². The molecule has 8 heteroatoms. The Morgan fingerprint density at radius 1 is 0.900 bits per heavy atom. The number of anilines is 1. The van der Waals surface area contributed by atoms with Crippen molar-refractivity contribution >= 4 is 28.3 Å². The zero-order valence-electron chi connectivity index (χ0n) is 9.45. The predicted molar refractivity (Wildman–Crippen MR) is 70.5 cm³/mol. The lowest BCUT2D eigenvalue weighted by Crippen LogP contribution is -2.04. The fourth-order valence-electron chi connectivity index (χ4n) is 1.61. The Bertz CT molecular complexity index is 691. The summed E-state index contributed by atoms with van der Waals surface area (Å²) in [5.41, 5.74) is 3.14. The van der Waals surface area contributed by atoms with Crippen LogP contribution in [0.25, 0.3) is 11.1 Å². The van der Waals surface area contributed by atoms with Gasteiger partial charge in [0.15, 0.2) is 23.3 Å². The molecule has 0 spiro atoms. The number of phenols is 1. The van der Waals surface area contributed by atoms with Crippen molar-refractivity contribution in [1.29, 1.82) is 0 Å². The molecule has 106 valence electrons. The second kappa shape index (κ2) is 5.08. The van der Waals surface area contributed by atoms with Gasteiger partial charge in [-0.15, -0.1) is 0 Å². The van der Waals surface area contributed by atoms with E-state index in [0.29, 0.717) is 6.07 Å². The molecule has 2 rings (SSSR count). The van der Waals surface area contributed by atoms with Gasteiger partial charge in [-0.25, -0.2) is 22.0 Å². The van der Waals surface area contributed by atoms with E-state index in [9.17, 15) is 27.1 Å². The molecular weight excluding hydrogens is 396 g/mol. The van der Waals surface area contributed by atoms with Gasteiger partial charge < -0.3 is 10.8 Å². The number of nitrogen functional groups attached to an aromatic ring is 1. The van der Waals surface area contributed by atoms with Gasteiger partial charge in [0, 0.05) is 11.6 Å². The minimum absolute atomic E-state index is 0.361. The number of hydrogen-bond acceptors (Lipinski definition) is 2. The molecule has 0 aliphatic heterocycles. The zero-order chi connectivity index (χ0) is 15.2. The monoisotopic (exact) mass is 401 g/mol. The fourth-order valence-corrected chi connectivity index (χ4v) is 2.12. The molecule has 0 unspecified atom stereocenters. The highest BCUT2D eigenvalue weighted by molar-refractivity contribution is 14.1. The van der Waals surface area contributed by atoms with Gasteiger partial charge in [0.1, 0.15) is 11.6 Å². The zero-order valence-corrected chi connectivity index (χ0v) is 11.6. The minimum atomic E-state index is -1.92. The number of aromatic hydroxyl groups is 1. The number of benzene rings is 2. The van der Waals surface area contributed by atoms with E-state index >= 15 is 0 Å². The van der Waals surface area contributed by atoms with Crippen molar-refractivity contribution in [2.24, 2.45) is 0 Å². The van der Waals surface area contributed by atoms with Crippen LogP contribution in [0.2, 0.25) is 0 Å². The van der Waals surface area contributed by atoms with Gasteiger partial charge in [-0.05, 0) is 28.7 Å². The van der Waals surface area contributed by atoms with Crippen molar-refractivity contribution in [3.05, 3.63) is 44.8 Å². The summed E-state index contributed by atoms with van der Waals surface area (Å²) in [6.45, 7) is 0. The molecule has 0 atom stereocenters. The van der Waals surface area contributed by atoms with Crippen molar-refractivity contribution in [2.45, 2.75) is 0 Å². The number of hydrogen-bond donors (Lipinski definition) is 2. The van der Waals surface area contributed by atoms with Gasteiger partial charge in [-0.1, -0.05) is 0 Å². The molecule has 2 aromatic rings. The molecule has 20 heavy (non-hydrogen) atoms. The molecule has 0 aliphatic rings. The van der Waals surface area contributed by atoms with Crippen LogP contribution in [0.3, 0.4) is 0 Å². The van der Waals surface area contributed by atoms with Gasteiger partial charge >= 0.3 is 0 Å². The lowest BCUT2D eigenvalue weighted by atomic mass is 10.0. The Kier molecular flexibility index (Phi) is 3.76. The van der Waals surface area contributed by atoms with E-state index in [1.54, 1.807) is 0 Å². The molecule has 0 fully saturated rings. The number of halogens is 6. The Morgan fingerprint density at radius 2 is 1.50 bits per heavy atom. The molecular formula is C12H5F5INO. The maximum absolute atomic E-state index is 13.9. The maximum Gasteiger partial charge on any atom is 0.196 e. The fraction of sp³-hybridized carbons (Fsp3) is 0. The standard InChI is InChI=1S/C12H5F5INO/c13-4-2-6(20)5(19)1-3(4)7-8(14)10(16)11(17)12(18)9(7)15/h1-2,20H,19H2. The highest BCUT2D eigenvalue weighted by Crippen LogP contribution is 2.37.